The predicted octanol–water partition coefficient (Wildman–Crippen LogP) is 1.34. The van der Waals surface area contributed by atoms with Crippen LogP contribution in [0, 0.1) is 17.0 Å². The van der Waals surface area contributed by atoms with Crippen molar-refractivity contribution in [3.8, 4) is 0 Å². The third-order valence-corrected chi connectivity index (χ3v) is 2.15. The van der Waals surface area contributed by atoms with Crippen molar-refractivity contribution in [2.24, 2.45) is 0 Å². The molecule has 0 N–H and O–H groups in total. The molecule has 0 aromatic carbocycles. The van der Waals surface area contributed by atoms with Gasteiger partial charge in [0.1, 0.15) is 0 Å². The van der Waals surface area contributed by atoms with E-state index in [2.05, 4.69) is 4.98 Å². The van der Waals surface area contributed by atoms with Gasteiger partial charge < -0.3 is 19.6 Å². The van der Waals surface area contributed by atoms with Crippen LogP contribution in [0.4, 0.5) is 5.82 Å². The molecule has 6 heteroatoms. The molecule has 6 nitrogen and oxygen atoms in total. The summed E-state index contributed by atoms with van der Waals surface area (Å²) in [5.74, 6) is -0.185. The van der Waals surface area contributed by atoms with Crippen LogP contribution >= 0.6 is 0 Å². The van der Waals surface area contributed by atoms with E-state index in [0.717, 1.165) is 5.56 Å². The van der Waals surface area contributed by atoms with Gasteiger partial charge in [0.25, 0.3) is 0 Å². The maximum absolute atomic E-state index is 10.5. The Kier molecular flexibility index (Phi) is 2.61. The minimum atomic E-state index is -0.565. The quantitative estimate of drug-likeness (QED) is 0.544. The van der Waals surface area contributed by atoms with E-state index < -0.39 is 11.2 Å². The van der Waals surface area contributed by atoms with E-state index in [1.807, 2.05) is 6.92 Å². The smallest absolute Gasteiger partial charge is 0.358 e. The number of hydrogen-bond donors (Lipinski definition) is 0. The molecular weight excluding hydrogens is 200 g/mol. The fraction of sp³-hybridized carbons (Fsp3) is 0.444. The van der Waals surface area contributed by atoms with Gasteiger partial charge >= 0.3 is 5.82 Å². The number of pyridine rings is 1. The number of aromatic nitrogens is 1. The average molecular weight is 210 g/mol. The second-order valence-electron chi connectivity index (χ2n) is 3.20. The molecule has 2 rings (SSSR count). The second-order valence-corrected chi connectivity index (χ2v) is 3.20. The molecule has 0 unspecified atom stereocenters. The fourth-order valence-corrected chi connectivity index (χ4v) is 1.39. The van der Waals surface area contributed by atoms with Crippen LogP contribution in [0.3, 0.4) is 0 Å². The van der Waals surface area contributed by atoms with Crippen molar-refractivity contribution in [3.63, 3.8) is 0 Å². The van der Waals surface area contributed by atoms with E-state index in [4.69, 9.17) is 9.47 Å². The standard InChI is InChI=1S/C9H10N2O4/c1-6-2-3-7(11(12)13)10-8(6)9-14-4-5-15-9/h2-3,9H,4-5H2,1H3. The van der Waals surface area contributed by atoms with Gasteiger partial charge in [0, 0.05) is 11.6 Å². The molecule has 0 spiro atoms. The van der Waals surface area contributed by atoms with Gasteiger partial charge in [-0.3, -0.25) is 0 Å². The molecule has 1 aliphatic heterocycles. The molecule has 0 atom stereocenters. The van der Waals surface area contributed by atoms with E-state index in [-0.39, 0.29) is 5.82 Å². The summed E-state index contributed by atoms with van der Waals surface area (Å²) < 4.78 is 10.5. The van der Waals surface area contributed by atoms with Crippen LogP contribution in [0.1, 0.15) is 17.5 Å². The summed E-state index contributed by atoms with van der Waals surface area (Å²) in [5, 5.41) is 10.5. The van der Waals surface area contributed by atoms with Crippen LogP contribution in [0.5, 0.6) is 0 Å². The zero-order valence-electron chi connectivity index (χ0n) is 8.17. The van der Waals surface area contributed by atoms with Crippen LogP contribution in [-0.2, 0) is 9.47 Å². The van der Waals surface area contributed by atoms with Crippen molar-refractivity contribution in [2.45, 2.75) is 13.2 Å². The third kappa shape index (κ3) is 1.95. The Balaban J connectivity index is 2.35. The van der Waals surface area contributed by atoms with Gasteiger partial charge in [-0.2, -0.15) is 0 Å². The maximum Gasteiger partial charge on any atom is 0.363 e. The van der Waals surface area contributed by atoms with E-state index in [1.165, 1.54) is 6.07 Å². The summed E-state index contributed by atoms with van der Waals surface area (Å²) in [4.78, 5) is 13.9. The van der Waals surface area contributed by atoms with Crippen molar-refractivity contribution in [1.82, 2.24) is 4.98 Å². The highest BCUT2D eigenvalue weighted by molar-refractivity contribution is 5.29. The average Bonchev–Trinajstić information content (AvgIpc) is 2.71. The zero-order chi connectivity index (χ0) is 10.8. The van der Waals surface area contributed by atoms with Gasteiger partial charge in [0.05, 0.1) is 13.2 Å². The Morgan fingerprint density at radius 3 is 2.73 bits per heavy atom. The van der Waals surface area contributed by atoms with E-state index in [9.17, 15) is 10.1 Å². The highest BCUT2D eigenvalue weighted by Gasteiger charge is 2.27. The van der Waals surface area contributed by atoms with Gasteiger partial charge in [-0.05, 0) is 22.9 Å². The lowest BCUT2D eigenvalue weighted by Crippen LogP contribution is -2.06. The molecule has 15 heavy (non-hydrogen) atoms. The Morgan fingerprint density at radius 1 is 1.47 bits per heavy atom. The van der Waals surface area contributed by atoms with E-state index >= 15 is 0 Å². The predicted molar refractivity (Wildman–Crippen MR) is 50.3 cm³/mol. The number of hydrogen-bond acceptors (Lipinski definition) is 5. The lowest BCUT2D eigenvalue weighted by molar-refractivity contribution is -0.389. The summed E-state index contributed by atoms with van der Waals surface area (Å²) in [6, 6.07) is 3.01. The first-order chi connectivity index (χ1) is 7.18. The van der Waals surface area contributed by atoms with Crippen LogP contribution in [0.25, 0.3) is 0 Å². The second kappa shape index (κ2) is 3.92. The van der Waals surface area contributed by atoms with Crippen LogP contribution in [0.15, 0.2) is 12.1 Å². The Hall–Kier alpha value is -1.53. The topological polar surface area (TPSA) is 74.5 Å². The Bertz CT molecular complexity index is 388. The van der Waals surface area contributed by atoms with Gasteiger partial charge in [0.2, 0.25) is 12.0 Å². The summed E-state index contributed by atoms with van der Waals surface area (Å²) in [5.41, 5.74) is 1.31. The first-order valence-electron chi connectivity index (χ1n) is 4.53. The van der Waals surface area contributed by atoms with Crippen molar-refractivity contribution in [2.75, 3.05) is 13.2 Å². The summed E-state index contributed by atoms with van der Waals surface area (Å²) in [6.45, 7) is 2.81. The van der Waals surface area contributed by atoms with Crippen LogP contribution in [-0.4, -0.2) is 23.1 Å². The highest BCUT2D eigenvalue weighted by atomic mass is 16.7. The Morgan fingerprint density at radius 2 is 2.13 bits per heavy atom. The van der Waals surface area contributed by atoms with E-state index in [1.54, 1.807) is 6.07 Å². The molecule has 0 saturated carbocycles. The first-order valence-corrected chi connectivity index (χ1v) is 4.53. The molecule has 80 valence electrons. The minimum Gasteiger partial charge on any atom is -0.358 e. The number of nitro groups is 1. The third-order valence-electron chi connectivity index (χ3n) is 2.15. The number of ether oxygens (including phenoxy) is 2. The van der Waals surface area contributed by atoms with Gasteiger partial charge in [-0.25, -0.2) is 0 Å². The molecule has 1 aromatic rings. The highest BCUT2D eigenvalue weighted by Crippen LogP contribution is 2.25. The largest absolute Gasteiger partial charge is 0.363 e. The van der Waals surface area contributed by atoms with Crippen molar-refractivity contribution in [3.05, 3.63) is 33.5 Å². The van der Waals surface area contributed by atoms with Crippen molar-refractivity contribution in [1.29, 1.82) is 0 Å². The van der Waals surface area contributed by atoms with Crippen LogP contribution < -0.4 is 0 Å². The maximum atomic E-state index is 10.5. The lowest BCUT2D eigenvalue weighted by Gasteiger charge is -2.06. The molecule has 1 fully saturated rings. The number of rotatable bonds is 2. The molecular formula is C9H10N2O4. The van der Waals surface area contributed by atoms with Crippen molar-refractivity contribution < 1.29 is 14.4 Å². The summed E-state index contributed by atoms with van der Waals surface area (Å²) >= 11 is 0. The van der Waals surface area contributed by atoms with E-state index in [0.29, 0.717) is 18.9 Å². The molecule has 0 amide bonds. The summed E-state index contributed by atoms with van der Waals surface area (Å²) in [6.07, 6.45) is -0.565. The molecule has 0 bridgehead atoms. The zero-order valence-corrected chi connectivity index (χ0v) is 8.17. The SMILES string of the molecule is Cc1ccc([N+](=O)[O-])nc1C1OCCO1. The molecule has 1 aromatic heterocycles. The Labute approximate surface area is 86.0 Å². The molecule has 2 heterocycles. The molecule has 0 radical (unpaired) electrons. The lowest BCUT2D eigenvalue weighted by atomic mass is 10.2. The normalized spacial score (nSPS) is 16.9. The van der Waals surface area contributed by atoms with Gasteiger partial charge in [-0.15, -0.1) is 0 Å². The fourth-order valence-electron chi connectivity index (χ4n) is 1.39. The summed E-state index contributed by atoms with van der Waals surface area (Å²) in [7, 11) is 0. The molecule has 1 aliphatic rings. The molecule has 0 aliphatic carbocycles. The number of aryl methyl sites for hydroxylation is 1. The number of nitrogens with zero attached hydrogens (tertiary/aromatic N) is 2. The van der Waals surface area contributed by atoms with Crippen LogP contribution in [0.2, 0.25) is 0 Å². The van der Waals surface area contributed by atoms with Crippen molar-refractivity contribution >= 4 is 5.82 Å². The first kappa shape index (κ1) is 10.0. The minimum absolute atomic E-state index is 0.185. The van der Waals surface area contributed by atoms with Gasteiger partial charge in [-0.1, -0.05) is 0 Å². The van der Waals surface area contributed by atoms with Gasteiger partial charge in [0.15, 0.2) is 0 Å². The monoisotopic (exact) mass is 210 g/mol. The molecule has 1 saturated heterocycles.